The van der Waals surface area contributed by atoms with Gasteiger partial charge in [0.2, 0.25) is 0 Å². The number of nitrogens with zero attached hydrogens (tertiary/aromatic N) is 1. The van der Waals surface area contributed by atoms with Crippen LogP contribution in [0, 0.1) is 0 Å². The third kappa shape index (κ3) is 4.73. The van der Waals surface area contributed by atoms with Gasteiger partial charge in [-0.1, -0.05) is 13.0 Å². The molecule has 0 spiro atoms. The fourth-order valence-corrected chi connectivity index (χ4v) is 2.05. The smallest absolute Gasteiger partial charge is 0.120 e. The Balaban J connectivity index is 2.72. The van der Waals surface area contributed by atoms with E-state index < -0.39 is 0 Å². The van der Waals surface area contributed by atoms with Crippen LogP contribution < -0.4 is 15.0 Å². The van der Waals surface area contributed by atoms with Crippen molar-refractivity contribution in [3.8, 4) is 5.75 Å². The number of hydrogen-bond donors (Lipinski definition) is 2. The molecule has 4 nitrogen and oxygen atoms in total. The van der Waals surface area contributed by atoms with E-state index in [-0.39, 0.29) is 12.1 Å². The molecule has 2 N–H and O–H groups in total. The van der Waals surface area contributed by atoms with Crippen molar-refractivity contribution < 1.29 is 9.84 Å². The summed E-state index contributed by atoms with van der Waals surface area (Å²) in [6.45, 7) is 5.91. The standard InChI is InChI=1S/C15H26N2O2/c1-5-9-16-15(2,12-18)11-17(3)13-7-6-8-14(10-13)19-4/h6-8,10,16,18H,5,9,11-12H2,1-4H3. The quantitative estimate of drug-likeness (QED) is 0.754. The number of rotatable bonds is 8. The molecule has 108 valence electrons. The molecule has 0 aliphatic carbocycles. The molecule has 0 heterocycles. The van der Waals surface area contributed by atoms with E-state index in [4.69, 9.17) is 4.74 Å². The second-order valence-electron chi connectivity index (χ2n) is 5.20. The Bertz CT molecular complexity index is 384. The van der Waals surface area contributed by atoms with Gasteiger partial charge in [0.1, 0.15) is 5.75 Å². The van der Waals surface area contributed by atoms with Crippen LogP contribution >= 0.6 is 0 Å². The van der Waals surface area contributed by atoms with Gasteiger partial charge in [-0.15, -0.1) is 0 Å². The maximum Gasteiger partial charge on any atom is 0.120 e. The molecule has 19 heavy (non-hydrogen) atoms. The summed E-state index contributed by atoms with van der Waals surface area (Å²) >= 11 is 0. The number of methoxy groups -OCH3 is 1. The summed E-state index contributed by atoms with van der Waals surface area (Å²) in [5.41, 5.74) is 0.783. The normalized spacial score (nSPS) is 13.9. The first kappa shape index (κ1) is 15.8. The molecule has 0 aliphatic heterocycles. The number of aliphatic hydroxyl groups excluding tert-OH is 1. The van der Waals surface area contributed by atoms with Gasteiger partial charge in [0.15, 0.2) is 0 Å². The van der Waals surface area contributed by atoms with Crippen LogP contribution in [0.2, 0.25) is 0 Å². The van der Waals surface area contributed by atoms with Crippen molar-refractivity contribution in [2.24, 2.45) is 0 Å². The highest BCUT2D eigenvalue weighted by atomic mass is 16.5. The van der Waals surface area contributed by atoms with Gasteiger partial charge < -0.3 is 20.1 Å². The number of benzene rings is 1. The first-order valence-electron chi connectivity index (χ1n) is 6.75. The molecule has 0 radical (unpaired) electrons. The first-order valence-corrected chi connectivity index (χ1v) is 6.75. The van der Waals surface area contributed by atoms with Crippen LogP contribution in [-0.2, 0) is 0 Å². The lowest BCUT2D eigenvalue weighted by atomic mass is 10.0. The Kier molecular flexibility index (Phi) is 6.12. The Morgan fingerprint density at radius 3 is 2.74 bits per heavy atom. The van der Waals surface area contributed by atoms with E-state index in [0.29, 0.717) is 0 Å². The van der Waals surface area contributed by atoms with E-state index in [2.05, 4.69) is 17.1 Å². The highest BCUT2D eigenvalue weighted by molar-refractivity contribution is 5.50. The largest absolute Gasteiger partial charge is 0.497 e. The lowest BCUT2D eigenvalue weighted by Gasteiger charge is -2.34. The number of likely N-dealkylation sites (N-methyl/N-ethyl adjacent to an activating group) is 1. The summed E-state index contributed by atoms with van der Waals surface area (Å²) in [5.74, 6) is 0.844. The van der Waals surface area contributed by atoms with Crippen LogP contribution in [0.1, 0.15) is 20.3 Å². The zero-order valence-electron chi connectivity index (χ0n) is 12.4. The minimum atomic E-state index is -0.298. The molecule has 1 unspecified atom stereocenters. The second kappa shape index (κ2) is 7.36. The van der Waals surface area contributed by atoms with E-state index >= 15 is 0 Å². The number of aliphatic hydroxyl groups is 1. The van der Waals surface area contributed by atoms with Crippen LogP contribution in [0.4, 0.5) is 5.69 Å². The molecule has 0 saturated heterocycles. The monoisotopic (exact) mass is 266 g/mol. The molecule has 0 fully saturated rings. The molecule has 0 amide bonds. The Hall–Kier alpha value is -1.26. The molecule has 0 bridgehead atoms. The average molecular weight is 266 g/mol. The highest BCUT2D eigenvalue weighted by Gasteiger charge is 2.24. The van der Waals surface area contributed by atoms with E-state index in [0.717, 1.165) is 30.9 Å². The maximum atomic E-state index is 9.59. The molecule has 0 aliphatic rings. The summed E-state index contributed by atoms with van der Waals surface area (Å²) in [4.78, 5) is 2.13. The van der Waals surface area contributed by atoms with E-state index in [1.807, 2.05) is 38.2 Å². The lowest BCUT2D eigenvalue weighted by Crippen LogP contribution is -2.53. The van der Waals surface area contributed by atoms with Gasteiger partial charge in [0.05, 0.1) is 19.3 Å². The van der Waals surface area contributed by atoms with Gasteiger partial charge in [-0.3, -0.25) is 0 Å². The van der Waals surface area contributed by atoms with Crippen LogP contribution in [0.15, 0.2) is 24.3 Å². The van der Waals surface area contributed by atoms with E-state index in [9.17, 15) is 5.11 Å². The predicted molar refractivity (Wildman–Crippen MR) is 80.0 cm³/mol. The minimum Gasteiger partial charge on any atom is -0.497 e. The van der Waals surface area contributed by atoms with Gasteiger partial charge in [-0.05, 0) is 32.0 Å². The fourth-order valence-electron chi connectivity index (χ4n) is 2.05. The molecular weight excluding hydrogens is 240 g/mol. The van der Waals surface area contributed by atoms with Gasteiger partial charge in [-0.25, -0.2) is 0 Å². The summed E-state index contributed by atoms with van der Waals surface area (Å²) < 4.78 is 5.23. The average Bonchev–Trinajstić information content (AvgIpc) is 2.45. The summed E-state index contributed by atoms with van der Waals surface area (Å²) in [7, 11) is 3.69. The zero-order chi connectivity index (χ0) is 14.3. The SMILES string of the molecule is CCCNC(C)(CO)CN(C)c1cccc(OC)c1. The number of nitrogens with one attached hydrogen (secondary N) is 1. The summed E-state index contributed by atoms with van der Waals surface area (Å²) in [6, 6.07) is 7.94. The molecule has 1 rings (SSSR count). The third-order valence-corrected chi connectivity index (χ3v) is 3.23. The molecule has 1 aromatic carbocycles. The molecular formula is C15H26N2O2. The van der Waals surface area contributed by atoms with Crippen molar-refractivity contribution in [2.75, 3.05) is 38.8 Å². The first-order chi connectivity index (χ1) is 9.04. The van der Waals surface area contributed by atoms with Crippen molar-refractivity contribution in [1.29, 1.82) is 0 Å². The van der Waals surface area contributed by atoms with Crippen molar-refractivity contribution in [2.45, 2.75) is 25.8 Å². The van der Waals surface area contributed by atoms with Gasteiger partial charge in [0, 0.05) is 25.3 Å². The third-order valence-electron chi connectivity index (χ3n) is 3.23. The van der Waals surface area contributed by atoms with Crippen molar-refractivity contribution >= 4 is 5.69 Å². The number of ether oxygens (including phenoxy) is 1. The number of anilines is 1. The summed E-state index contributed by atoms with van der Waals surface area (Å²) in [5, 5.41) is 13.0. The van der Waals surface area contributed by atoms with Gasteiger partial charge in [-0.2, -0.15) is 0 Å². The van der Waals surface area contributed by atoms with Crippen LogP contribution in [0.25, 0.3) is 0 Å². The van der Waals surface area contributed by atoms with Crippen LogP contribution in [-0.4, -0.2) is 44.5 Å². The van der Waals surface area contributed by atoms with Crippen LogP contribution in [0.3, 0.4) is 0 Å². The van der Waals surface area contributed by atoms with Crippen molar-refractivity contribution in [3.05, 3.63) is 24.3 Å². The summed E-state index contributed by atoms with van der Waals surface area (Å²) in [6.07, 6.45) is 1.05. The second-order valence-corrected chi connectivity index (χ2v) is 5.20. The van der Waals surface area contributed by atoms with Gasteiger partial charge >= 0.3 is 0 Å². The van der Waals surface area contributed by atoms with Crippen molar-refractivity contribution in [1.82, 2.24) is 5.32 Å². The Morgan fingerprint density at radius 1 is 1.42 bits per heavy atom. The topological polar surface area (TPSA) is 44.7 Å². The maximum absolute atomic E-state index is 9.59. The Morgan fingerprint density at radius 2 is 2.16 bits per heavy atom. The predicted octanol–water partition coefficient (Wildman–Crippen LogP) is 1.88. The molecule has 0 saturated carbocycles. The fraction of sp³-hybridized carbons (Fsp3) is 0.600. The van der Waals surface area contributed by atoms with E-state index in [1.165, 1.54) is 0 Å². The van der Waals surface area contributed by atoms with E-state index in [1.54, 1.807) is 7.11 Å². The minimum absolute atomic E-state index is 0.112. The number of hydrogen-bond acceptors (Lipinski definition) is 4. The zero-order valence-corrected chi connectivity index (χ0v) is 12.4. The molecule has 1 atom stereocenters. The Labute approximate surface area is 116 Å². The van der Waals surface area contributed by atoms with Crippen LogP contribution in [0.5, 0.6) is 5.75 Å². The van der Waals surface area contributed by atoms with Crippen molar-refractivity contribution in [3.63, 3.8) is 0 Å². The molecule has 1 aromatic rings. The van der Waals surface area contributed by atoms with Gasteiger partial charge in [0.25, 0.3) is 0 Å². The molecule has 0 aromatic heterocycles. The lowest BCUT2D eigenvalue weighted by molar-refractivity contribution is 0.179. The highest BCUT2D eigenvalue weighted by Crippen LogP contribution is 2.21. The molecule has 4 heteroatoms.